The third-order valence-electron chi connectivity index (χ3n) is 4.11. The van der Waals surface area contributed by atoms with Crippen LogP contribution in [-0.2, 0) is 22.6 Å². The molecule has 2 N–H and O–H groups in total. The van der Waals surface area contributed by atoms with E-state index in [9.17, 15) is 14.3 Å². The van der Waals surface area contributed by atoms with E-state index < -0.39 is 11.9 Å². The van der Waals surface area contributed by atoms with Crippen LogP contribution in [0.1, 0.15) is 35.0 Å². The number of hydrogen-bond acceptors (Lipinski definition) is 4. The maximum Gasteiger partial charge on any atom is 0.223 e. The molecule has 0 aliphatic heterocycles. The number of aromatic nitrogens is 2. The molecule has 0 radical (unpaired) electrons. The molecule has 136 valence electrons. The molecule has 2 aromatic rings. The van der Waals surface area contributed by atoms with Crippen molar-refractivity contribution in [3.63, 3.8) is 0 Å². The van der Waals surface area contributed by atoms with Crippen molar-refractivity contribution in [3.8, 4) is 0 Å². The number of rotatable bonds is 8. The summed E-state index contributed by atoms with van der Waals surface area (Å²) in [5, 5.41) is 17.3. The molecule has 0 fully saturated rings. The lowest BCUT2D eigenvalue weighted by Gasteiger charge is -2.12. The normalized spacial score (nSPS) is 12.2. The Hall–Kier alpha value is -2.25. The first-order valence-electron chi connectivity index (χ1n) is 8.14. The summed E-state index contributed by atoms with van der Waals surface area (Å²) in [5.41, 5.74) is 3.15. The van der Waals surface area contributed by atoms with Crippen LogP contribution in [-0.4, -0.2) is 34.5 Å². The highest BCUT2D eigenvalue weighted by molar-refractivity contribution is 5.76. The Bertz CT molecular complexity index is 730. The molecule has 1 heterocycles. The van der Waals surface area contributed by atoms with Gasteiger partial charge in [-0.1, -0.05) is 12.1 Å². The zero-order chi connectivity index (χ0) is 18.4. The third kappa shape index (κ3) is 5.11. The van der Waals surface area contributed by atoms with E-state index in [2.05, 4.69) is 10.4 Å². The Kier molecular flexibility index (Phi) is 6.66. The van der Waals surface area contributed by atoms with Crippen LogP contribution in [0.2, 0.25) is 0 Å². The average molecular weight is 349 g/mol. The molecular formula is C18H24FN3O3. The lowest BCUT2D eigenvalue weighted by atomic mass is 10.1. The van der Waals surface area contributed by atoms with Gasteiger partial charge in [-0.25, -0.2) is 4.39 Å². The maximum atomic E-state index is 13.2. The molecular weight excluding hydrogens is 325 g/mol. The number of carbonyl (C=O) groups excluding carboxylic acids is 1. The number of benzene rings is 1. The Balaban J connectivity index is 1.92. The van der Waals surface area contributed by atoms with Crippen LogP contribution < -0.4 is 5.32 Å². The number of methoxy groups -OCH3 is 1. The second-order valence-electron chi connectivity index (χ2n) is 5.92. The van der Waals surface area contributed by atoms with Crippen molar-refractivity contribution in [1.82, 2.24) is 15.1 Å². The third-order valence-corrected chi connectivity index (χ3v) is 4.11. The fraction of sp³-hybridized carbons (Fsp3) is 0.444. The summed E-state index contributed by atoms with van der Waals surface area (Å²) in [4.78, 5) is 12.1. The Morgan fingerprint density at radius 3 is 2.88 bits per heavy atom. The molecule has 1 aromatic heterocycles. The van der Waals surface area contributed by atoms with E-state index in [0.717, 1.165) is 17.0 Å². The van der Waals surface area contributed by atoms with Gasteiger partial charge in [0, 0.05) is 24.9 Å². The van der Waals surface area contributed by atoms with Gasteiger partial charge in [0.2, 0.25) is 5.91 Å². The smallest absolute Gasteiger partial charge is 0.223 e. The number of aliphatic hydroxyl groups excluding tert-OH is 1. The summed E-state index contributed by atoms with van der Waals surface area (Å²) < 4.78 is 20.1. The summed E-state index contributed by atoms with van der Waals surface area (Å²) in [6.45, 7) is 5.38. The number of aliphatic hydroxyl groups is 1. The van der Waals surface area contributed by atoms with E-state index in [1.807, 2.05) is 18.5 Å². The van der Waals surface area contributed by atoms with Crippen LogP contribution in [0.25, 0.3) is 0 Å². The number of aryl methyl sites for hydroxylation is 1. The fourth-order valence-corrected chi connectivity index (χ4v) is 2.65. The highest BCUT2D eigenvalue weighted by Crippen LogP contribution is 2.18. The highest BCUT2D eigenvalue weighted by Gasteiger charge is 2.16. The number of amides is 1. The number of hydrogen-bond donors (Lipinski definition) is 2. The molecule has 0 saturated heterocycles. The van der Waals surface area contributed by atoms with Crippen molar-refractivity contribution in [2.75, 3.05) is 13.7 Å². The monoisotopic (exact) mass is 349 g/mol. The minimum Gasteiger partial charge on any atom is -0.388 e. The highest BCUT2D eigenvalue weighted by atomic mass is 19.1. The molecule has 1 atom stereocenters. The second-order valence-corrected chi connectivity index (χ2v) is 5.92. The van der Waals surface area contributed by atoms with Crippen molar-refractivity contribution in [1.29, 1.82) is 0 Å². The molecule has 0 aliphatic rings. The minimum atomic E-state index is -1.04. The number of nitrogens with zero attached hydrogens (tertiary/aromatic N) is 2. The summed E-state index contributed by atoms with van der Waals surface area (Å²) >= 11 is 0. The summed E-state index contributed by atoms with van der Waals surface area (Å²) in [5.74, 6) is -0.744. The van der Waals surface area contributed by atoms with E-state index >= 15 is 0 Å². The zero-order valence-electron chi connectivity index (χ0n) is 14.8. The Morgan fingerprint density at radius 2 is 2.20 bits per heavy atom. The van der Waals surface area contributed by atoms with Gasteiger partial charge in [-0.15, -0.1) is 0 Å². The van der Waals surface area contributed by atoms with Gasteiger partial charge in [-0.2, -0.15) is 5.10 Å². The fourth-order valence-electron chi connectivity index (χ4n) is 2.65. The van der Waals surface area contributed by atoms with Crippen LogP contribution in [0.15, 0.2) is 24.3 Å². The zero-order valence-corrected chi connectivity index (χ0v) is 14.8. The standard InChI is InChI=1S/C18H24FN3O3/c1-12-16(13(2)22(21-12)7-8-25-3)11-20-18(24)10-17(23)14-5-4-6-15(19)9-14/h4-6,9,17,23H,7-8,10-11H2,1-3H3,(H,20,24). The lowest BCUT2D eigenvalue weighted by Crippen LogP contribution is -2.25. The van der Waals surface area contributed by atoms with Crippen LogP contribution >= 0.6 is 0 Å². The van der Waals surface area contributed by atoms with Gasteiger partial charge in [-0.3, -0.25) is 9.48 Å². The maximum absolute atomic E-state index is 13.2. The van der Waals surface area contributed by atoms with Crippen molar-refractivity contribution in [2.24, 2.45) is 0 Å². The molecule has 1 aromatic carbocycles. The number of carbonyl (C=O) groups is 1. The van der Waals surface area contributed by atoms with Gasteiger partial charge in [0.15, 0.2) is 0 Å². The molecule has 6 nitrogen and oxygen atoms in total. The second kappa shape index (κ2) is 8.73. The molecule has 0 saturated carbocycles. The first-order valence-corrected chi connectivity index (χ1v) is 8.14. The van der Waals surface area contributed by atoms with Crippen LogP contribution in [0.3, 0.4) is 0 Å². The quantitative estimate of drug-likeness (QED) is 0.764. The molecule has 1 amide bonds. The predicted octanol–water partition coefficient (Wildman–Crippen LogP) is 2.03. The molecule has 0 bridgehead atoms. The van der Waals surface area contributed by atoms with Gasteiger partial charge in [0.25, 0.3) is 0 Å². The first kappa shape index (κ1) is 19.1. The van der Waals surface area contributed by atoms with Gasteiger partial charge in [-0.05, 0) is 31.5 Å². The van der Waals surface area contributed by atoms with Gasteiger partial charge in [0.05, 0.1) is 31.4 Å². The summed E-state index contributed by atoms with van der Waals surface area (Å²) in [6.07, 6.45) is -1.17. The van der Waals surface area contributed by atoms with Crippen molar-refractivity contribution < 1.29 is 19.0 Å². The summed E-state index contributed by atoms with van der Waals surface area (Å²) in [6, 6.07) is 5.62. The van der Waals surface area contributed by atoms with Crippen molar-refractivity contribution in [2.45, 2.75) is 39.5 Å². The predicted molar refractivity (Wildman–Crippen MR) is 91.4 cm³/mol. The molecule has 0 aliphatic carbocycles. The molecule has 0 spiro atoms. The summed E-state index contributed by atoms with van der Waals surface area (Å²) in [7, 11) is 1.64. The van der Waals surface area contributed by atoms with Crippen LogP contribution in [0.5, 0.6) is 0 Å². The Morgan fingerprint density at radius 1 is 1.44 bits per heavy atom. The number of nitrogens with one attached hydrogen (secondary N) is 1. The van der Waals surface area contributed by atoms with E-state index in [1.54, 1.807) is 13.2 Å². The van der Waals surface area contributed by atoms with Gasteiger partial charge < -0.3 is 15.2 Å². The van der Waals surface area contributed by atoms with Crippen molar-refractivity contribution >= 4 is 5.91 Å². The van der Waals surface area contributed by atoms with E-state index in [0.29, 0.717) is 25.3 Å². The lowest BCUT2D eigenvalue weighted by molar-refractivity contribution is -0.123. The molecule has 7 heteroatoms. The number of halogens is 1. The van der Waals surface area contributed by atoms with E-state index in [1.165, 1.54) is 18.2 Å². The minimum absolute atomic E-state index is 0.126. The topological polar surface area (TPSA) is 76.4 Å². The SMILES string of the molecule is COCCn1nc(C)c(CNC(=O)CC(O)c2cccc(F)c2)c1C. The largest absolute Gasteiger partial charge is 0.388 e. The molecule has 25 heavy (non-hydrogen) atoms. The average Bonchev–Trinajstić information content (AvgIpc) is 2.84. The van der Waals surface area contributed by atoms with E-state index in [4.69, 9.17) is 4.74 Å². The number of ether oxygens (including phenoxy) is 1. The Labute approximate surface area is 146 Å². The van der Waals surface area contributed by atoms with E-state index in [-0.39, 0.29) is 12.3 Å². The van der Waals surface area contributed by atoms with Gasteiger partial charge >= 0.3 is 0 Å². The van der Waals surface area contributed by atoms with Crippen molar-refractivity contribution in [3.05, 3.63) is 52.6 Å². The van der Waals surface area contributed by atoms with Crippen LogP contribution in [0, 0.1) is 19.7 Å². The first-order chi connectivity index (χ1) is 11.9. The molecule has 2 rings (SSSR count). The van der Waals surface area contributed by atoms with Gasteiger partial charge in [0.1, 0.15) is 5.82 Å². The molecule has 1 unspecified atom stereocenters. The van der Waals surface area contributed by atoms with Crippen LogP contribution in [0.4, 0.5) is 4.39 Å².